The highest BCUT2D eigenvalue weighted by atomic mass is 16.4. The second-order valence-electron chi connectivity index (χ2n) is 11.2. The molecule has 1 aromatic carbocycles. The second kappa shape index (κ2) is 18.6. The largest absolute Gasteiger partial charge is 0.480 e. The lowest BCUT2D eigenvalue weighted by Gasteiger charge is -2.30. The van der Waals surface area contributed by atoms with Gasteiger partial charge in [-0.25, -0.2) is 4.79 Å². The summed E-state index contributed by atoms with van der Waals surface area (Å²) in [5, 5.41) is 27.1. The number of hydrogen-bond donors (Lipinski definition) is 10. The van der Waals surface area contributed by atoms with E-state index in [1.165, 1.54) is 4.90 Å². The van der Waals surface area contributed by atoms with Gasteiger partial charge in [0.2, 0.25) is 35.4 Å². The topological polar surface area (TPSA) is 319 Å². The zero-order valence-corrected chi connectivity index (χ0v) is 25.9. The van der Waals surface area contributed by atoms with Gasteiger partial charge in [-0.2, -0.15) is 0 Å². The Labute approximate surface area is 271 Å². The third kappa shape index (κ3) is 12.9. The van der Waals surface area contributed by atoms with Crippen LogP contribution in [-0.2, 0) is 40.0 Å². The van der Waals surface area contributed by atoms with Crippen LogP contribution in [0.3, 0.4) is 0 Å². The lowest BCUT2D eigenvalue weighted by atomic mass is 10.0. The lowest BCUT2D eigenvalue weighted by molar-refractivity contribution is -0.145. The summed E-state index contributed by atoms with van der Waals surface area (Å²) >= 11 is 0. The maximum atomic E-state index is 13.9. The van der Waals surface area contributed by atoms with Gasteiger partial charge in [0.25, 0.3) is 0 Å². The van der Waals surface area contributed by atoms with Crippen molar-refractivity contribution in [1.29, 1.82) is 5.41 Å². The molecule has 258 valence electrons. The van der Waals surface area contributed by atoms with Crippen LogP contribution in [-0.4, -0.2) is 101 Å². The Kier molecular flexibility index (Phi) is 15.0. The highest BCUT2D eigenvalue weighted by molar-refractivity contribution is 5.96. The SMILES string of the molecule is N=C(N)NCCC[C@H](NC(=O)[C@H](Cc1ccccc1)NC(=O)[C@@H](N)CC(N)=O)C(=O)N1CCC[C@H]1C(=O)N[C@@H](CCC(N)=O)C(=O)O. The monoisotopic (exact) mass is 660 g/mol. The molecule has 0 radical (unpaired) electrons. The maximum Gasteiger partial charge on any atom is 0.326 e. The predicted molar refractivity (Wildman–Crippen MR) is 168 cm³/mol. The van der Waals surface area contributed by atoms with Crippen LogP contribution < -0.4 is 44.2 Å². The molecule has 0 aliphatic carbocycles. The van der Waals surface area contributed by atoms with Crippen LogP contribution in [0.25, 0.3) is 0 Å². The average Bonchev–Trinajstić information content (AvgIpc) is 3.50. The first-order chi connectivity index (χ1) is 22.2. The summed E-state index contributed by atoms with van der Waals surface area (Å²) in [6.07, 6.45) is -0.0353. The Morgan fingerprint density at radius 1 is 0.894 bits per heavy atom. The summed E-state index contributed by atoms with van der Waals surface area (Å²) in [4.78, 5) is 88.9. The number of carbonyl (C=O) groups is 7. The summed E-state index contributed by atoms with van der Waals surface area (Å²) < 4.78 is 0. The maximum absolute atomic E-state index is 13.9. The van der Waals surface area contributed by atoms with E-state index < -0.39 is 78.0 Å². The molecular weight excluding hydrogens is 616 g/mol. The number of nitrogens with one attached hydrogen (secondary N) is 5. The van der Waals surface area contributed by atoms with E-state index in [1.54, 1.807) is 30.3 Å². The average molecular weight is 661 g/mol. The second-order valence-corrected chi connectivity index (χ2v) is 11.2. The number of hydrogen-bond acceptors (Lipinski definition) is 9. The van der Waals surface area contributed by atoms with E-state index in [9.17, 15) is 38.7 Å². The van der Waals surface area contributed by atoms with Gasteiger partial charge in [0.05, 0.1) is 12.5 Å². The molecule has 5 atom stereocenters. The van der Waals surface area contributed by atoms with E-state index in [-0.39, 0.29) is 57.6 Å². The number of nitrogens with zero attached hydrogens (tertiary/aromatic N) is 1. The lowest BCUT2D eigenvalue weighted by Crippen LogP contribution is -2.58. The van der Waals surface area contributed by atoms with Crippen LogP contribution in [0.1, 0.15) is 50.5 Å². The molecule has 0 bridgehead atoms. The Morgan fingerprint density at radius 2 is 1.55 bits per heavy atom. The van der Waals surface area contributed by atoms with Crippen molar-refractivity contribution in [1.82, 2.24) is 26.2 Å². The Morgan fingerprint density at radius 3 is 2.15 bits per heavy atom. The van der Waals surface area contributed by atoms with Gasteiger partial charge in [0.15, 0.2) is 5.96 Å². The zero-order chi connectivity index (χ0) is 35.1. The minimum atomic E-state index is -1.41. The Hall–Kier alpha value is -5.26. The van der Waals surface area contributed by atoms with Crippen LogP contribution in [0.2, 0.25) is 0 Å². The van der Waals surface area contributed by atoms with Crippen molar-refractivity contribution >= 4 is 47.4 Å². The number of carboxylic acids is 1. The first-order valence-electron chi connectivity index (χ1n) is 15.1. The van der Waals surface area contributed by atoms with Crippen molar-refractivity contribution in [2.75, 3.05) is 13.1 Å². The molecular formula is C29H44N10O8. The molecule has 1 fully saturated rings. The number of rotatable bonds is 19. The van der Waals surface area contributed by atoms with Gasteiger partial charge in [-0.15, -0.1) is 0 Å². The minimum absolute atomic E-state index is 0.00509. The first kappa shape index (κ1) is 37.9. The molecule has 1 aliphatic rings. The van der Waals surface area contributed by atoms with Gasteiger partial charge in [0.1, 0.15) is 24.2 Å². The molecule has 18 nitrogen and oxygen atoms in total. The number of carboxylic acid groups (broad SMARTS) is 1. The quantitative estimate of drug-likeness (QED) is 0.0394. The van der Waals surface area contributed by atoms with Crippen molar-refractivity contribution in [3.05, 3.63) is 35.9 Å². The molecule has 18 heteroatoms. The summed E-state index contributed by atoms with van der Waals surface area (Å²) in [6.45, 7) is 0.325. The standard InChI is InChI=1S/C29H44N10O8/c30-17(15-23(32)41)24(42)38-20(14-16-6-2-1-3-7-16)25(43)36-18(8-4-12-35-29(33)34)27(45)39-13-5-9-21(39)26(44)37-19(28(46)47)10-11-22(31)40/h1-3,6-7,17-21H,4-5,8-15,30H2,(H2,31,40)(H2,32,41)(H,36,43)(H,37,44)(H,38,42)(H,46,47)(H4,33,34,35)/t17-,18-,19-,20-,21-/m0/s1. The van der Waals surface area contributed by atoms with Crippen LogP contribution in [0.15, 0.2) is 30.3 Å². The molecule has 14 N–H and O–H groups in total. The van der Waals surface area contributed by atoms with Gasteiger partial charge in [-0.05, 0) is 37.7 Å². The molecule has 0 spiro atoms. The normalized spacial score (nSPS) is 16.5. The van der Waals surface area contributed by atoms with Crippen molar-refractivity contribution in [2.45, 2.75) is 81.6 Å². The number of amides is 6. The van der Waals surface area contributed by atoms with E-state index in [0.29, 0.717) is 12.0 Å². The van der Waals surface area contributed by atoms with Gasteiger partial charge in [-0.1, -0.05) is 30.3 Å². The molecule has 47 heavy (non-hydrogen) atoms. The third-order valence-corrected chi connectivity index (χ3v) is 7.41. The third-order valence-electron chi connectivity index (χ3n) is 7.41. The molecule has 1 aliphatic heterocycles. The van der Waals surface area contributed by atoms with Crippen molar-refractivity contribution in [3.63, 3.8) is 0 Å². The number of carbonyl (C=O) groups excluding carboxylic acids is 6. The Balaban J connectivity index is 2.29. The van der Waals surface area contributed by atoms with Crippen LogP contribution >= 0.6 is 0 Å². The van der Waals surface area contributed by atoms with Crippen molar-refractivity contribution in [2.24, 2.45) is 22.9 Å². The van der Waals surface area contributed by atoms with E-state index in [1.807, 2.05) is 0 Å². The van der Waals surface area contributed by atoms with Crippen molar-refractivity contribution in [3.8, 4) is 0 Å². The first-order valence-corrected chi connectivity index (χ1v) is 15.1. The van der Waals surface area contributed by atoms with Crippen LogP contribution in [0, 0.1) is 5.41 Å². The summed E-state index contributed by atoms with van der Waals surface area (Å²) in [5.41, 5.74) is 22.1. The fraction of sp³-hybridized carbons (Fsp3) is 0.517. The Bertz CT molecular complexity index is 1310. The van der Waals surface area contributed by atoms with E-state index in [4.69, 9.17) is 28.3 Å². The highest BCUT2D eigenvalue weighted by Crippen LogP contribution is 2.20. The summed E-state index contributed by atoms with van der Waals surface area (Å²) in [6, 6.07) is 2.47. The predicted octanol–water partition coefficient (Wildman–Crippen LogP) is -3.51. The van der Waals surface area contributed by atoms with E-state index in [2.05, 4.69) is 21.3 Å². The number of guanidine groups is 1. The molecule has 6 amide bonds. The number of likely N-dealkylation sites (tertiary alicyclic amines) is 1. The molecule has 0 saturated carbocycles. The molecule has 1 heterocycles. The minimum Gasteiger partial charge on any atom is -0.480 e. The number of benzene rings is 1. The smallest absolute Gasteiger partial charge is 0.326 e. The van der Waals surface area contributed by atoms with Crippen LogP contribution in [0.5, 0.6) is 0 Å². The summed E-state index contributed by atoms with van der Waals surface area (Å²) in [5.74, 6) is -6.15. The van der Waals surface area contributed by atoms with Gasteiger partial charge >= 0.3 is 5.97 Å². The van der Waals surface area contributed by atoms with Gasteiger partial charge in [0, 0.05) is 25.9 Å². The fourth-order valence-electron chi connectivity index (χ4n) is 5.02. The molecule has 1 aromatic rings. The summed E-state index contributed by atoms with van der Waals surface area (Å²) in [7, 11) is 0. The van der Waals surface area contributed by atoms with Crippen LogP contribution in [0.4, 0.5) is 0 Å². The zero-order valence-electron chi connectivity index (χ0n) is 25.9. The number of nitrogens with two attached hydrogens (primary N) is 4. The molecule has 1 saturated heterocycles. The fourth-order valence-corrected chi connectivity index (χ4v) is 5.02. The van der Waals surface area contributed by atoms with Gasteiger partial charge in [-0.3, -0.25) is 34.2 Å². The molecule has 0 unspecified atom stereocenters. The van der Waals surface area contributed by atoms with Gasteiger partial charge < -0.3 is 54.2 Å². The molecule has 0 aromatic heterocycles. The number of primary amides is 2. The van der Waals surface area contributed by atoms with E-state index in [0.717, 1.165) is 0 Å². The highest BCUT2D eigenvalue weighted by Gasteiger charge is 2.39. The number of aliphatic carboxylic acids is 1. The molecule has 2 rings (SSSR count). The van der Waals surface area contributed by atoms with E-state index >= 15 is 0 Å². The van der Waals surface area contributed by atoms with Crippen molar-refractivity contribution < 1.29 is 38.7 Å².